The average Bonchev–Trinajstić information content (AvgIpc) is 2.97. The predicted molar refractivity (Wildman–Crippen MR) is 95.0 cm³/mol. The van der Waals surface area contributed by atoms with Gasteiger partial charge in [0.05, 0.1) is 16.5 Å². The molecule has 0 aliphatic heterocycles. The van der Waals surface area contributed by atoms with Crippen molar-refractivity contribution in [2.75, 3.05) is 11.1 Å². The Morgan fingerprint density at radius 1 is 1.36 bits per heavy atom. The standard InChI is InChI=1S/C16H13ClFN5OS/c1-23-15(10-3-2-6-19-8-10)21-22-16(23)25-9-14(24)20-13-5-4-11(18)7-12(13)17/h2-8H,9H2,1H3,(H,20,24). The van der Waals surface area contributed by atoms with Crippen LogP contribution in [0.15, 0.2) is 47.9 Å². The Hall–Kier alpha value is -2.45. The summed E-state index contributed by atoms with van der Waals surface area (Å²) in [5.74, 6) is 0.0496. The largest absolute Gasteiger partial charge is 0.324 e. The molecule has 1 N–H and O–H groups in total. The summed E-state index contributed by atoms with van der Waals surface area (Å²) >= 11 is 7.13. The van der Waals surface area contributed by atoms with Crippen molar-refractivity contribution in [3.8, 4) is 11.4 Å². The van der Waals surface area contributed by atoms with Crippen LogP contribution in [0.2, 0.25) is 5.02 Å². The molecule has 6 nitrogen and oxygen atoms in total. The Morgan fingerprint density at radius 3 is 2.92 bits per heavy atom. The zero-order valence-corrected chi connectivity index (χ0v) is 14.7. The fraction of sp³-hybridized carbons (Fsp3) is 0.125. The molecule has 25 heavy (non-hydrogen) atoms. The molecule has 0 spiro atoms. The Kier molecular flexibility index (Phi) is 5.30. The van der Waals surface area contributed by atoms with E-state index in [-0.39, 0.29) is 16.7 Å². The van der Waals surface area contributed by atoms with E-state index in [4.69, 9.17) is 11.6 Å². The van der Waals surface area contributed by atoms with Gasteiger partial charge in [0, 0.05) is 25.0 Å². The van der Waals surface area contributed by atoms with Gasteiger partial charge in [-0.25, -0.2) is 4.39 Å². The molecule has 1 aromatic carbocycles. The molecule has 0 bridgehead atoms. The van der Waals surface area contributed by atoms with Crippen LogP contribution >= 0.6 is 23.4 Å². The lowest BCUT2D eigenvalue weighted by Gasteiger charge is -2.07. The van der Waals surface area contributed by atoms with Gasteiger partial charge >= 0.3 is 0 Å². The predicted octanol–water partition coefficient (Wildman–Crippen LogP) is 3.40. The molecule has 2 heterocycles. The topological polar surface area (TPSA) is 72.7 Å². The lowest BCUT2D eigenvalue weighted by molar-refractivity contribution is -0.113. The molecule has 3 rings (SSSR count). The normalized spacial score (nSPS) is 10.7. The number of nitrogens with zero attached hydrogens (tertiary/aromatic N) is 4. The Balaban J connectivity index is 1.64. The molecule has 0 aliphatic rings. The van der Waals surface area contributed by atoms with Crippen molar-refractivity contribution in [1.82, 2.24) is 19.7 Å². The summed E-state index contributed by atoms with van der Waals surface area (Å²) < 4.78 is 14.8. The third kappa shape index (κ3) is 4.15. The molecular weight excluding hydrogens is 365 g/mol. The van der Waals surface area contributed by atoms with Gasteiger partial charge in [-0.3, -0.25) is 9.78 Å². The quantitative estimate of drug-likeness (QED) is 0.690. The van der Waals surface area contributed by atoms with Gasteiger partial charge in [0.15, 0.2) is 11.0 Å². The van der Waals surface area contributed by atoms with Crippen LogP contribution < -0.4 is 5.32 Å². The lowest BCUT2D eigenvalue weighted by atomic mass is 10.3. The Labute approximate surface area is 152 Å². The van der Waals surface area contributed by atoms with E-state index in [0.29, 0.717) is 16.7 Å². The summed E-state index contributed by atoms with van der Waals surface area (Å²) in [6.45, 7) is 0. The van der Waals surface area contributed by atoms with Gasteiger partial charge in [-0.15, -0.1) is 10.2 Å². The second kappa shape index (κ2) is 7.62. The van der Waals surface area contributed by atoms with Crippen LogP contribution in [0.4, 0.5) is 10.1 Å². The first kappa shape index (κ1) is 17.4. The number of pyridine rings is 1. The van der Waals surface area contributed by atoms with E-state index >= 15 is 0 Å². The maximum Gasteiger partial charge on any atom is 0.234 e. The summed E-state index contributed by atoms with van der Waals surface area (Å²) in [7, 11) is 1.82. The minimum Gasteiger partial charge on any atom is -0.324 e. The zero-order chi connectivity index (χ0) is 17.8. The number of rotatable bonds is 5. The molecule has 3 aromatic rings. The van der Waals surface area contributed by atoms with Gasteiger partial charge in [-0.2, -0.15) is 0 Å². The molecule has 0 radical (unpaired) electrons. The second-order valence-corrected chi connectivity index (χ2v) is 6.42. The van der Waals surface area contributed by atoms with Crippen LogP contribution in [0, 0.1) is 5.82 Å². The van der Waals surface area contributed by atoms with Crippen molar-refractivity contribution in [2.24, 2.45) is 7.05 Å². The number of hydrogen-bond donors (Lipinski definition) is 1. The second-order valence-electron chi connectivity index (χ2n) is 5.07. The number of nitrogens with one attached hydrogen (secondary N) is 1. The van der Waals surface area contributed by atoms with Gasteiger partial charge in [-0.05, 0) is 30.3 Å². The maximum atomic E-state index is 13.0. The van der Waals surface area contributed by atoms with Crippen molar-refractivity contribution in [3.05, 3.63) is 53.6 Å². The van der Waals surface area contributed by atoms with E-state index in [2.05, 4.69) is 20.5 Å². The molecule has 0 saturated heterocycles. The molecule has 2 aromatic heterocycles. The molecular formula is C16H13ClFN5OS. The smallest absolute Gasteiger partial charge is 0.234 e. The van der Waals surface area contributed by atoms with E-state index in [0.717, 1.165) is 11.6 Å². The summed E-state index contributed by atoms with van der Waals surface area (Å²) in [5, 5.41) is 11.6. The lowest BCUT2D eigenvalue weighted by Crippen LogP contribution is -2.14. The molecule has 9 heteroatoms. The third-order valence-electron chi connectivity index (χ3n) is 3.29. The number of carbonyl (C=O) groups excluding carboxylic acids is 1. The number of amides is 1. The number of anilines is 1. The maximum absolute atomic E-state index is 13.0. The van der Waals surface area contributed by atoms with E-state index in [9.17, 15) is 9.18 Å². The molecule has 0 unspecified atom stereocenters. The number of aromatic nitrogens is 4. The SMILES string of the molecule is Cn1c(SCC(=O)Nc2ccc(F)cc2Cl)nnc1-c1cccnc1. The summed E-state index contributed by atoms with van der Waals surface area (Å²) in [4.78, 5) is 16.1. The molecule has 128 valence electrons. The minimum absolute atomic E-state index is 0.118. The van der Waals surface area contributed by atoms with Gasteiger partial charge in [0.25, 0.3) is 0 Å². The van der Waals surface area contributed by atoms with E-state index in [1.807, 2.05) is 19.2 Å². The summed E-state index contributed by atoms with van der Waals surface area (Å²) in [6.07, 6.45) is 3.38. The first-order chi connectivity index (χ1) is 12.0. The van der Waals surface area contributed by atoms with Crippen molar-refractivity contribution < 1.29 is 9.18 Å². The highest BCUT2D eigenvalue weighted by Gasteiger charge is 2.13. The van der Waals surface area contributed by atoms with Crippen LogP contribution in [0.5, 0.6) is 0 Å². The Bertz CT molecular complexity index is 903. The van der Waals surface area contributed by atoms with Crippen LogP contribution in [0.1, 0.15) is 0 Å². The van der Waals surface area contributed by atoms with Gasteiger partial charge in [0.1, 0.15) is 5.82 Å². The molecule has 0 fully saturated rings. The van der Waals surface area contributed by atoms with Gasteiger partial charge < -0.3 is 9.88 Å². The number of halogens is 2. The summed E-state index contributed by atoms with van der Waals surface area (Å²) in [6, 6.07) is 7.50. The zero-order valence-electron chi connectivity index (χ0n) is 13.1. The molecule has 0 saturated carbocycles. The molecule has 0 atom stereocenters. The van der Waals surface area contributed by atoms with Crippen molar-refractivity contribution in [2.45, 2.75) is 5.16 Å². The monoisotopic (exact) mass is 377 g/mol. The van der Waals surface area contributed by atoms with Crippen molar-refractivity contribution in [3.63, 3.8) is 0 Å². The highest BCUT2D eigenvalue weighted by molar-refractivity contribution is 7.99. The fourth-order valence-corrected chi connectivity index (χ4v) is 3.02. The molecule has 0 aliphatic carbocycles. The van der Waals surface area contributed by atoms with E-state index in [1.165, 1.54) is 23.9 Å². The Morgan fingerprint density at radius 2 is 2.20 bits per heavy atom. The van der Waals surface area contributed by atoms with Crippen LogP contribution in [0.25, 0.3) is 11.4 Å². The van der Waals surface area contributed by atoms with Crippen LogP contribution in [-0.4, -0.2) is 31.4 Å². The van der Waals surface area contributed by atoms with Crippen LogP contribution in [0.3, 0.4) is 0 Å². The van der Waals surface area contributed by atoms with E-state index in [1.54, 1.807) is 17.0 Å². The number of benzene rings is 1. The highest BCUT2D eigenvalue weighted by atomic mass is 35.5. The van der Waals surface area contributed by atoms with Crippen LogP contribution in [-0.2, 0) is 11.8 Å². The highest BCUT2D eigenvalue weighted by Crippen LogP contribution is 2.24. The average molecular weight is 378 g/mol. The fourth-order valence-electron chi connectivity index (χ4n) is 2.09. The van der Waals surface area contributed by atoms with Gasteiger partial charge in [0.2, 0.25) is 5.91 Å². The molecule has 1 amide bonds. The first-order valence-corrected chi connectivity index (χ1v) is 8.58. The number of carbonyl (C=O) groups is 1. The summed E-state index contributed by atoms with van der Waals surface area (Å²) in [5.41, 5.74) is 1.20. The van der Waals surface area contributed by atoms with Crippen molar-refractivity contribution in [1.29, 1.82) is 0 Å². The first-order valence-electron chi connectivity index (χ1n) is 7.22. The third-order valence-corrected chi connectivity index (χ3v) is 4.63. The number of hydrogen-bond acceptors (Lipinski definition) is 5. The minimum atomic E-state index is -0.459. The van der Waals surface area contributed by atoms with Crippen molar-refractivity contribution >= 4 is 35.0 Å². The number of thioether (sulfide) groups is 1. The van der Waals surface area contributed by atoms with E-state index < -0.39 is 5.82 Å². The van der Waals surface area contributed by atoms with Gasteiger partial charge in [-0.1, -0.05) is 23.4 Å².